The molecular formula is C12H13N3O3S. The second-order valence-corrected chi connectivity index (χ2v) is 4.61. The minimum Gasteiger partial charge on any atom is -0.462 e. The quantitative estimate of drug-likeness (QED) is 0.807. The molecule has 0 bridgehead atoms. The molecule has 0 saturated carbocycles. The minimum absolute atomic E-state index is 0.122. The molecule has 0 fully saturated rings. The smallest absolute Gasteiger partial charge is 0.270 e. The SMILES string of the molecule is CC(=O)NCCNC(=O)c1csc(-c2ccco2)n1. The van der Waals surface area contributed by atoms with Gasteiger partial charge >= 0.3 is 0 Å². The Balaban J connectivity index is 1.88. The van der Waals surface area contributed by atoms with Crippen molar-refractivity contribution in [1.82, 2.24) is 15.6 Å². The van der Waals surface area contributed by atoms with Crippen LogP contribution >= 0.6 is 11.3 Å². The summed E-state index contributed by atoms with van der Waals surface area (Å²) in [5.74, 6) is 0.254. The van der Waals surface area contributed by atoms with Crippen LogP contribution in [0.5, 0.6) is 0 Å². The van der Waals surface area contributed by atoms with Crippen molar-refractivity contribution >= 4 is 23.2 Å². The molecule has 0 unspecified atom stereocenters. The van der Waals surface area contributed by atoms with E-state index in [-0.39, 0.29) is 11.8 Å². The Bertz CT molecular complexity index is 563. The van der Waals surface area contributed by atoms with Gasteiger partial charge in [0.15, 0.2) is 10.8 Å². The lowest BCUT2D eigenvalue weighted by molar-refractivity contribution is -0.118. The molecule has 0 atom stereocenters. The number of rotatable bonds is 5. The maximum absolute atomic E-state index is 11.8. The number of hydrogen-bond donors (Lipinski definition) is 2. The molecule has 2 amide bonds. The van der Waals surface area contributed by atoms with Crippen LogP contribution in [0.3, 0.4) is 0 Å². The summed E-state index contributed by atoms with van der Waals surface area (Å²) in [6.45, 7) is 2.19. The van der Waals surface area contributed by atoms with Crippen LogP contribution in [0.2, 0.25) is 0 Å². The van der Waals surface area contributed by atoms with Crippen molar-refractivity contribution in [2.45, 2.75) is 6.92 Å². The van der Waals surface area contributed by atoms with Gasteiger partial charge in [0.2, 0.25) is 5.91 Å². The van der Waals surface area contributed by atoms with E-state index in [0.717, 1.165) is 0 Å². The lowest BCUT2D eigenvalue weighted by atomic mass is 10.4. The Labute approximate surface area is 113 Å². The molecular weight excluding hydrogens is 266 g/mol. The highest BCUT2D eigenvalue weighted by atomic mass is 32.1. The van der Waals surface area contributed by atoms with E-state index in [1.165, 1.54) is 18.3 Å². The molecule has 0 aliphatic carbocycles. The lowest BCUT2D eigenvalue weighted by Gasteiger charge is -2.03. The van der Waals surface area contributed by atoms with Crippen LogP contribution in [0, 0.1) is 0 Å². The van der Waals surface area contributed by atoms with Gasteiger partial charge in [-0.15, -0.1) is 11.3 Å². The maximum atomic E-state index is 11.8. The average Bonchev–Trinajstić information content (AvgIpc) is 3.03. The Morgan fingerprint density at radius 1 is 1.37 bits per heavy atom. The van der Waals surface area contributed by atoms with Crippen molar-refractivity contribution in [2.24, 2.45) is 0 Å². The Morgan fingerprint density at radius 3 is 2.84 bits per heavy atom. The van der Waals surface area contributed by atoms with Gasteiger partial charge in [-0.2, -0.15) is 0 Å². The number of hydrogen-bond acceptors (Lipinski definition) is 5. The van der Waals surface area contributed by atoms with E-state index in [0.29, 0.717) is 29.6 Å². The molecule has 0 aliphatic heterocycles. The van der Waals surface area contributed by atoms with Crippen molar-refractivity contribution in [2.75, 3.05) is 13.1 Å². The molecule has 0 spiro atoms. The van der Waals surface area contributed by atoms with E-state index < -0.39 is 0 Å². The molecule has 2 aromatic heterocycles. The first kappa shape index (κ1) is 13.3. The molecule has 19 heavy (non-hydrogen) atoms. The topological polar surface area (TPSA) is 84.2 Å². The van der Waals surface area contributed by atoms with Crippen molar-refractivity contribution in [3.05, 3.63) is 29.5 Å². The third-order valence-corrected chi connectivity index (χ3v) is 3.11. The van der Waals surface area contributed by atoms with Gasteiger partial charge in [0.1, 0.15) is 5.69 Å². The molecule has 0 aromatic carbocycles. The third-order valence-electron chi connectivity index (χ3n) is 2.25. The van der Waals surface area contributed by atoms with Gasteiger partial charge in [0.05, 0.1) is 6.26 Å². The minimum atomic E-state index is -0.264. The number of carbonyl (C=O) groups is 2. The van der Waals surface area contributed by atoms with Gasteiger partial charge in [-0.3, -0.25) is 9.59 Å². The first-order chi connectivity index (χ1) is 9.16. The fourth-order valence-electron chi connectivity index (χ4n) is 1.40. The number of carbonyl (C=O) groups excluding carboxylic acids is 2. The number of furan rings is 1. The van der Waals surface area contributed by atoms with Gasteiger partial charge in [0.25, 0.3) is 5.91 Å². The normalized spacial score (nSPS) is 10.2. The Kier molecular flexibility index (Phi) is 4.30. The van der Waals surface area contributed by atoms with E-state index >= 15 is 0 Å². The molecule has 2 N–H and O–H groups in total. The maximum Gasteiger partial charge on any atom is 0.270 e. The van der Waals surface area contributed by atoms with Crippen LogP contribution in [0.4, 0.5) is 0 Å². The van der Waals surface area contributed by atoms with E-state index in [1.807, 2.05) is 0 Å². The molecule has 2 heterocycles. The van der Waals surface area contributed by atoms with Crippen LogP contribution in [0.1, 0.15) is 17.4 Å². The standard InChI is InChI=1S/C12H13N3O3S/c1-8(16)13-4-5-14-11(17)9-7-19-12(15-9)10-3-2-6-18-10/h2-3,6-7H,4-5H2,1H3,(H,13,16)(H,14,17). The summed E-state index contributed by atoms with van der Waals surface area (Å²) in [4.78, 5) is 26.6. The summed E-state index contributed by atoms with van der Waals surface area (Å²) >= 11 is 1.34. The van der Waals surface area contributed by atoms with Gasteiger partial charge in [0, 0.05) is 25.4 Å². The summed E-state index contributed by atoms with van der Waals surface area (Å²) < 4.78 is 5.21. The first-order valence-corrected chi connectivity index (χ1v) is 6.57. The Hall–Kier alpha value is -2.15. The second kappa shape index (κ2) is 6.14. The number of nitrogens with zero attached hydrogens (tertiary/aromatic N) is 1. The van der Waals surface area contributed by atoms with Crippen LogP contribution in [0.25, 0.3) is 10.8 Å². The zero-order valence-electron chi connectivity index (χ0n) is 10.3. The fourth-order valence-corrected chi connectivity index (χ4v) is 2.16. The van der Waals surface area contributed by atoms with E-state index in [1.54, 1.807) is 23.8 Å². The van der Waals surface area contributed by atoms with Gasteiger partial charge in [-0.05, 0) is 12.1 Å². The second-order valence-electron chi connectivity index (χ2n) is 3.75. The van der Waals surface area contributed by atoms with Crippen LogP contribution in [-0.2, 0) is 4.79 Å². The van der Waals surface area contributed by atoms with Gasteiger partial charge in [-0.1, -0.05) is 0 Å². The predicted molar refractivity (Wildman–Crippen MR) is 70.8 cm³/mol. The van der Waals surface area contributed by atoms with Crippen molar-refractivity contribution in [3.8, 4) is 10.8 Å². The molecule has 0 radical (unpaired) electrons. The van der Waals surface area contributed by atoms with Crippen LogP contribution < -0.4 is 10.6 Å². The monoisotopic (exact) mass is 279 g/mol. The van der Waals surface area contributed by atoms with Crippen molar-refractivity contribution in [1.29, 1.82) is 0 Å². The third kappa shape index (κ3) is 3.65. The largest absolute Gasteiger partial charge is 0.462 e. The van der Waals surface area contributed by atoms with Gasteiger partial charge < -0.3 is 15.1 Å². The number of amides is 2. The zero-order chi connectivity index (χ0) is 13.7. The summed E-state index contributed by atoms with van der Waals surface area (Å²) in [5.41, 5.74) is 0.347. The zero-order valence-corrected chi connectivity index (χ0v) is 11.1. The highest BCUT2D eigenvalue weighted by molar-refractivity contribution is 7.13. The summed E-state index contributed by atoms with van der Waals surface area (Å²) in [7, 11) is 0. The van der Waals surface area contributed by atoms with E-state index in [2.05, 4.69) is 15.6 Å². The Morgan fingerprint density at radius 2 is 2.16 bits per heavy atom. The first-order valence-electron chi connectivity index (χ1n) is 5.69. The summed E-state index contributed by atoms with van der Waals surface area (Å²) in [5, 5.41) is 7.60. The van der Waals surface area contributed by atoms with Crippen LogP contribution in [-0.4, -0.2) is 29.9 Å². The van der Waals surface area contributed by atoms with E-state index in [9.17, 15) is 9.59 Å². The highest BCUT2D eigenvalue weighted by Crippen LogP contribution is 2.23. The highest BCUT2D eigenvalue weighted by Gasteiger charge is 2.12. The molecule has 7 heteroatoms. The van der Waals surface area contributed by atoms with Gasteiger partial charge in [-0.25, -0.2) is 4.98 Å². The van der Waals surface area contributed by atoms with E-state index in [4.69, 9.17) is 4.42 Å². The number of aromatic nitrogens is 1. The molecule has 6 nitrogen and oxygen atoms in total. The van der Waals surface area contributed by atoms with Crippen LogP contribution in [0.15, 0.2) is 28.2 Å². The molecule has 0 saturated heterocycles. The summed E-state index contributed by atoms with van der Waals surface area (Å²) in [6.07, 6.45) is 1.56. The molecule has 0 aliphatic rings. The number of nitrogens with one attached hydrogen (secondary N) is 2. The predicted octanol–water partition coefficient (Wildman–Crippen LogP) is 1.27. The van der Waals surface area contributed by atoms with Crippen molar-refractivity contribution < 1.29 is 14.0 Å². The molecule has 100 valence electrons. The lowest BCUT2D eigenvalue weighted by Crippen LogP contribution is -2.33. The number of thiazole rings is 1. The molecule has 2 aromatic rings. The summed E-state index contributed by atoms with van der Waals surface area (Å²) in [6, 6.07) is 3.56. The fraction of sp³-hybridized carbons (Fsp3) is 0.250. The molecule has 2 rings (SSSR count). The van der Waals surface area contributed by atoms with Crippen molar-refractivity contribution in [3.63, 3.8) is 0 Å². The average molecular weight is 279 g/mol.